The monoisotopic (exact) mass is 350 g/mol. The Morgan fingerprint density at radius 1 is 1.12 bits per heavy atom. The van der Waals surface area contributed by atoms with Crippen molar-refractivity contribution in [2.45, 2.75) is 31.6 Å². The standard InChI is InChI=1S/C21H22N2OS/c24-20(13-12-16-7-2-1-3-8-16)23-14-6-9-17(15-23)21-22-18-10-4-5-11-19(18)25-21/h1-5,7-8,10-11,17H,6,9,12-15H2. The summed E-state index contributed by atoms with van der Waals surface area (Å²) in [4.78, 5) is 19.5. The Kier molecular flexibility index (Phi) is 4.79. The fourth-order valence-corrected chi connectivity index (χ4v) is 4.62. The molecular weight excluding hydrogens is 328 g/mol. The molecule has 0 radical (unpaired) electrons. The molecule has 4 heteroatoms. The number of carbonyl (C=O) groups excluding carboxylic acids is 1. The number of fused-ring (bicyclic) bond motifs is 1. The molecule has 0 aliphatic carbocycles. The molecule has 2 heterocycles. The molecule has 1 unspecified atom stereocenters. The first-order valence-electron chi connectivity index (χ1n) is 8.97. The highest BCUT2D eigenvalue weighted by Gasteiger charge is 2.26. The summed E-state index contributed by atoms with van der Waals surface area (Å²) in [5.74, 6) is 0.654. The zero-order valence-electron chi connectivity index (χ0n) is 14.2. The van der Waals surface area contributed by atoms with Crippen molar-refractivity contribution in [2.24, 2.45) is 0 Å². The number of hydrogen-bond acceptors (Lipinski definition) is 3. The van der Waals surface area contributed by atoms with Crippen LogP contribution in [0.15, 0.2) is 54.6 Å². The zero-order valence-corrected chi connectivity index (χ0v) is 15.0. The minimum absolute atomic E-state index is 0.273. The average Bonchev–Trinajstić information content (AvgIpc) is 3.11. The molecule has 1 fully saturated rings. The summed E-state index contributed by atoms with van der Waals surface area (Å²) in [6.45, 7) is 1.70. The Labute approximate surface area is 152 Å². The molecule has 0 spiro atoms. The maximum absolute atomic E-state index is 12.6. The van der Waals surface area contributed by atoms with Gasteiger partial charge in [0, 0.05) is 25.4 Å². The van der Waals surface area contributed by atoms with Gasteiger partial charge in [0.05, 0.1) is 15.2 Å². The van der Waals surface area contributed by atoms with E-state index in [1.165, 1.54) is 15.3 Å². The fraction of sp³-hybridized carbons (Fsp3) is 0.333. The van der Waals surface area contributed by atoms with Crippen LogP contribution < -0.4 is 0 Å². The minimum atomic E-state index is 0.273. The molecule has 2 aromatic carbocycles. The Morgan fingerprint density at radius 3 is 2.76 bits per heavy atom. The van der Waals surface area contributed by atoms with Gasteiger partial charge in [0.15, 0.2) is 0 Å². The van der Waals surface area contributed by atoms with Crippen molar-refractivity contribution in [3.63, 3.8) is 0 Å². The number of thiazole rings is 1. The van der Waals surface area contributed by atoms with Gasteiger partial charge in [0.1, 0.15) is 0 Å². The van der Waals surface area contributed by atoms with E-state index in [0.29, 0.717) is 12.3 Å². The second kappa shape index (κ2) is 7.36. The second-order valence-corrected chi connectivity index (χ2v) is 7.75. The van der Waals surface area contributed by atoms with Crippen molar-refractivity contribution >= 4 is 27.5 Å². The minimum Gasteiger partial charge on any atom is -0.342 e. The van der Waals surface area contributed by atoms with Gasteiger partial charge in [-0.2, -0.15) is 0 Å². The fourth-order valence-electron chi connectivity index (χ4n) is 3.52. The number of benzene rings is 2. The lowest BCUT2D eigenvalue weighted by Crippen LogP contribution is -2.39. The van der Waals surface area contributed by atoms with E-state index in [1.807, 2.05) is 29.2 Å². The van der Waals surface area contributed by atoms with E-state index in [0.717, 1.165) is 37.9 Å². The smallest absolute Gasteiger partial charge is 0.222 e. The number of para-hydroxylation sites is 1. The third kappa shape index (κ3) is 3.74. The van der Waals surface area contributed by atoms with Crippen LogP contribution in [-0.4, -0.2) is 28.9 Å². The van der Waals surface area contributed by atoms with Crippen LogP contribution in [0.5, 0.6) is 0 Å². The Balaban J connectivity index is 1.41. The highest BCUT2D eigenvalue weighted by molar-refractivity contribution is 7.18. The van der Waals surface area contributed by atoms with Crippen molar-refractivity contribution in [2.75, 3.05) is 13.1 Å². The van der Waals surface area contributed by atoms with Crippen molar-refractivity contribution in [1.29, 1.82) is 0 Å². The largest absolute Gasteiger partial charge is 0.342 e. The van der Waals surface area contributed by atoms with Crippen LogP contribution in [0, 0.1) is 0 Å². The van der Waals surface area contributed by atoms with Gasteiger partial charge in [-0.1, -0.05) is 42.5 Å². The number of nitrogens with zero attached hydrogens (tertiary/aromatic N) is 2. The Bertz CT molecular complexity index is 825. The first-order chi connectivity index (χ1) is 12.3. The lowest BCUT2D eigenvalue weighted by molar-refractivity contribution is -0.132. The van der Waals surface area contributed by atoms with E-state index in [4.69, 9.17) is 4.98 Å². The van der Waals surface area contributed by atoms with E-state index in [2.05, 4.69) is 30.3 Å². The van der Waals surface area contributed by atoms with Crippen LogP contribution in [0.25, 0.3) is 10.2 Å². The maximum Gasteiger partial charge on any atom is 0.222 e. The molecule has 0 saturated carbocycles. The SMILES string of the molecule is O=C(CCc1ccccc1)N1CCCC(c2nc3ccccc3s2)C1. The summed E-state index contributed by atoms with van der Waals surface area (Å²) in [5.41, 5.74) is 2.31. The van der Waals surface area contributed by atoms with Crippen molar-refractivity contribution < 1.29 is 4.79 Å². The normalized spacial score (nSPS) is 17.8. The predicted molar refractivity (Wildman–Crippen MR) is 103 cm³/mol. The van der Waals surface area contributed by atoms with Gasteiger partial charge < -0.3 is 4.90 Å². The molecule has 1 aromatic heterocycles. The predicted octanol–water partition coefficient (Wildman–Crippen LogP) is 4.64. The number of aromatic nitrogens is 1. The highest BCUT2D eigenvalue weighted by atomic mass is 32.1. The van der Waals surface area contributed by atoms with Crippen LogP contribution in [0.4, 0.5) is 0 Å². The van der Waals surface area contributed by atoms with Crippen LogP contribution >= 0.6 is 11.3 Å². The number of amides is 1. The summed E-state index contributed by atoms with van der Waals surface area (Å²) in [5, 5.41) is 1.18. The molecule has 3 nitrogen and oxygen atoms in total. The third-order valence-electron chi connectivity index (χ3n) is 4.90. The van der Waals surface area contributed by atoms with Gasteiger partial charge in [-0.3, -0.25) is 4.79 Å². The van der Waals surface area contributed by atoms with E-state index < -0.39 is 0 Å². The van der Waals surface area contributed by atoms with Crippen LogP contribution in [0.1, 0.15) is 35.8 Å². The molecule has 1 atom stereocenters. The molecule has 3 aromatic rings. The molecule has 0 N–H and O–H groups in total. The lowest BCUT2D eigenvalue weighted by atomic mass is 9.98. The van der Waals surface area contributed by atoms with E-state index in [-0.39, 0.29) is 5.91 Å². The van der Waals surface area contributed by atoms with Gasteiger partial charge >= 0.3 is 0 Å². The quantitative estimate of drug-likeness (QED) is 0.687. The van der Waals surface area contributed by atoms with Crippen molar-refractivity contribution in [3.05, 3.63) is 65.2 Å². The van der Waals surface area contributed by atoms with Crippen molar-refractivity contribution in [3.8, 4) is 0 Å². The number of hydrogen-bond donors (Lipinski definition) is 0. The van der Waals surface area contributed by atoms with Gasteiger partial charge in [-0.05, 0) is 37.0 Å². The van der Waals surface area contributed by atoms with Gasteiger partial charge in [-0.25, -0.2) is 4.98 Å². The van der Waals surface area contributed by atoms with E-state index in [1.54, 1.807) is 11.3 Å². The maximum atomic E-state index is 12.6. The summed E-state index contributed by atoms with van der Waals surface area (Å²) in [7, 11) is 0. The topological polar surface area (TPSA) is 33.2 Å². The van der Waals surface area contributed by atoms with Crippen LogP contribution in [-0.2, 0) is 11.2 Å². The van der Waals surface area contributed by atoms with Crippen molar-refractivity contribution in [1.82, 2.24) is 9.88 Å². The highest BCUT2D eigenvalue weighted by Crippen LogP contribution is 2.33. The molecular formula is C21H22N2OS. The molecule has 1 aliphatic heterocycles. The number of aryl methyl sites for hydroxylation is 1. The summed E-state index contributed by atoms with van der Waals surface area (Å²) in [6, 6.07) is 18.5. The molecule has 1 aliphatic rings. The number of likely N-dealkylation sites (tertiary alicyclic amines) is 1. The van der Waals surface area contributed by atoms with Gasteiger partial charge in [-0.15, -0.1) is 11.3 Å². The average molecular weight is 350 g/mol. The molecule has 128 valence electrons. The first kappa shape index (κ1) is 16.3. The van der Waals surface area contributed by atoms with E-state index >= 15 is 0 Å². The third-order valence-corrected chi connectivity index (χ3v) is 6.10. The van der Waals surface area contributed by atoms with Crippen LogP contribution in [0.2, 0.25) is 0 Å². The molecule has 25 heavy (non-hydrogen) atoms. The summed E-state index contributed by atoms with van der Waals surface area (Å²) < 4.78 is 1.24. The first-order valence-corrected chi connectivity index (χ1v) is 9.78. The van der Waals surface area contributed by atoms with Gasteiger partial charge in [0.2, 0.25) is 5.91 Å². The summed E-state index contributed by atoms with van der Waals surface area (Å²) >= 11 is 1.78. The van der Waals surface area contributed by atoms with Gasteiger partial charge in [0.25, 0.3) is 0 Å². The molecule has 4 rings (SSSR count). The molecule has 0 bridgehead atoms. The van der Waals surface area contributed by atoms with E-state index in [9.17, 15) is 4.79 Å². The zero-order chi connectivity index (χ0) is 17.1. The second-order valence-electron chi connectivity index (χ2n) is 6.68. The van der Waals surface area contributed by atoms with Crippen LogP contribution in [0.3, 0.4) is 0 Å². The number of carbonyl (C=O) groups is 1. The summed E-state index contributed by atoms with van der Waals surface area (Å²) in [6.07, 6.45) is 3.61. The Morgan fingerprint density at radius 2 is 1.92 bits per heavy atom. The molecule has 1 amide bonds. The molecule has 1 saturated heterocycles. The Hall–Kier alpha value is -2.20. The number of rotatable bonds is 4. The number of piperidine rings is 1. The lowest BCUT2D eigenvalue weighted by Gasteiger charge is -2.32.